The molecule has 0 fully saturated rings. The molecule has 0 saturated heterocycles. The first-order valence-electron chi connectivity index (χ1n) is 11.7. The molecule has 0 amide bonds. The zero-order valence-corrected chi connectivity index (χ0v) is 22.7. The monoisotopic (exact) mass is 649 g/mol. The van der Waals surface area contributed by atoms with Crippen molar-refractivity contribution in [2.24, 2.45) is 0 Å². The van der Waals surface area contributed by atoms with Gasteiger partial charge in [0, 0.05) is 17.8 Å². The van der Waals surface area contributed by atoms with Crippen molar-refractivity contribution < 1.29 is 25.5 Å². The second-order valence-electron chi connectivity index (χ2n) is 9.36. The Bertz CT molecular complexity index is 1530. The number of benzene rings is 3. The maximum atomic E-state index is 6.09. The van der Waals surface area contributed by atoms with Crippen LogP contribution in [0.1, 0.15) is 26.3 Å². The molecule has 0 saturated carbocycles. The van der Waals surface area contributed by atoms with E-state index >= 15 is 0 Å². The summed E-state index contributed by atoms with van der Waals surface area (Å²) in [6.45, 7) is 6.62. The van der Waals surface area contributed by atoms with Gasteiger partial charge in [-0.15, -0.1) is 54.1 Å². The van der Waals surface area contributed by atoms with Gasteiger partial charge in [0.15, 0.2) is 0 Å². The quantitative estimate of drug-likeness (QED) is 0.177. The molecule has 0 N–H and O–H groups in total. The van der Waals surface area contributed by atoms with Crippen LogP contribution in [0.5, 0.6) is 0 Å². The average Bonchev–Trinajstić information content (AvgIpc) is 3.29. The molecule has 0 radical (unpaired) electrons. The van der Waals surface area contributed by atoms with Crippen molar-refractivity contribution in [3.05, 3.63) is 121 Å². The number of nitrogens with zero attached hydrogens (tertiary/aromatic N) is 2. The molecule has 0 spiro atoms. The van der Waals surface area contributed by atoms with Crippen LogP contribution in [0.3, 0.4) is 0 Å². The van der Waals surface area contributed by atoms with Crippen molar-refractivity contribution >= 4 is 21.9 Å². The molecular weight excluding hydrogens is 623 g/mol. The molecule has 6 aromatic rings. The molecule has 3 aromatic heterocycles. The number of para-hydroxylation sites is 1. The fraction of sp³-hybridized carbons (Fsp3) is 0.125. The van der Waals surface area contributed by atoms with E-state index in [-0.39, 0.29) is 26.5 Å². The van der Waals surface area contributed by atoms with E-state index in [0.717, 1.165) is 44.5 Å². The van der Waals surface area contributed by atoms with E-state index < -0.39 is 0 Å². The SMILES string of the molecule is CC(C)(C)c1ccnc(-c2[c-]ccc3c2oc2ccccc23)c1.[Pt+2].[c-]1ccccc1-c1ccccn1. The molecule has 0 atom stereocenters. The third-order valence-electron chi connectivity index (χ3n) is 5.87. The Morgan fingerprint density at radius 3 is 2.22 bits per heavy atom. The number of fused-ring (bicyclic) bond motifs is 3. The number of furan rings is 1. The van der Waals surface area contributed by atoms with Crippen LogP contribution in [-0.2, 0) is 26.5 Å². The third kappa shape index (κ3) is 5.47. The van der Waals surface area contributed by atoms with Gasteiger partial charge in [0.1, 0.15) is 5.58 Å². The summed E-state index contributed by atoms with van der Waals surface area (Å²) in [5.74, 6) is 0. The van der Waals surface area contributed by atoms with Crippen LogP contribution in [0.15, 0.2) is 108 Å². The van der Waals surface area contributed by atoms with E-state index in [2.05, 4.69) is 67.1 Å². The van der Waals surface area contributed by atoms with Crippen molar-refractivity contribution in [1.29, 1.82) is 0 Å². The van der Waals surface area contributed by atoms with Crippen molar-refractivity contribution in [2.45, 2.75) is 26.2 Å². The van der Waals surface area contributed by atoms with Gasteiger partial charge < -0.3 is 14.4 Å². The van der Waals surface area contributed by atoms with Crippen LogP contribution in [0.4, 0.5) is 0 Å². The second kappa shape index (κ2) is 11.0. The molecule has 0 aliphatic carbocycles. The number of hydrogen-bond acceptors (Lipinski definition) is 3. The Morgan fingerprint density at radius 1 is 0.694 bits per heavy atom. The molecule has 0 unspecified atom stereocenters. The number of aromatic nitrogens is 2. The van der Waals surface area contributed by atoms with Crippen molar-refractivity contribution in [1.82, 2.24) is 9.97 Å². The van der Waals surface area contributed by atoms with Crippen LogP contribution in [-0.4, -0.2) is 9.97 Å². The Kier molecular flexibility index (Phi) is 7.81. The van der Waals surface area contributed by atoms with Gasteiger partial charge in [-0.1, -0.05) is 68.1 Å². The minimum absolute atomic E-state index is 0. The van der Waals surface area contributed by atoms with Gasteiger partial charge in [-0.3, -0.25) is 0 Å². The molecule has 0 aliphatic heterocycles. The standard InChI is InChI=1S/C21H18NO.C11H8N.Pt/c1-21(2,3)14-11-12-22-18(13-14)17-9-6-8-16-15-7-4-5-10-19(15)23-20(16)17;1-2-6-10(7-3-1)11-8-4-5-9-12-11;/h4-8,10-13H,1-3H3;1-6,8-9H;/q2*-1;+2. The first kappa shape index (κ1) is 25.5. The number of hydrogen-bond donors (Lipinski definition) is 0. The number of rotatable bonds is 2. The van der Waals surface area contributed by atoms with Crippen LogP contribution in [0.25, 0.3) is 44.5 Å². The first-order chi connectivity index (χ1) is 17.0. The first-order valence-corrected chi connectivity index (χ1v) is 11.7. The Morgan fingerprint density at radius 2 is 1.47 bits per heavy atom. The molecule has 36 heavy (non-hydrogen) atoms. The summed E-state index contributed by atoms with van der Waals surface area (Å²) in [7, 11) is 0. The summed E-state index contributed by atoms with van der Waals surface area (Å²) in [6.07, 6.45) is 3.65. The smallest absolute Gasteiger partial charge is 0.501 e. The summed E-state index contributed by atoms with van der Waals surface area (Å²) in [4.78, 5) is 8.77. The minimum Gasteiger partial charge on any atom is -0.501 e. The zero-order chi connectivity index (χ0) is 24.3. The van der Waals surface area contributed by atoms with Crippen LogP contribution < -0.4 is 0 Å². The van der Waals surface area contributed by atoms with E-state index in [1.54, 1.807) is 6.20 Å². The summed E-state index contributed by atoms with van der Waals surface area (Å²) in [6, 6.07) is 36.5. The van der Waals surface area contributed by atoms with Gasteiger partial charge in [-0.05, 0) is 40.6 Å². The Balaban J connectivity index is 0.000000198. The van der Waals surface area contributed by atoms with E-state index in [0.29, 0.717) is 0 Å². The summed E-state index contributed by atoms with van der Waals surface area (Å²) < 4.78 is 6.09. The largest absolute Gasteiger partial charge is 2.00 e. The van der Waals surface area contributed by atoms with E-state index in [1.807, 2.05) is 72.9 Å². The Hall–Kier alpha value is -3.55. The van der Waals surface area contributed by atoms with Crippen molar-refractivity contribution in [3.8, 4) is 22.5 Å². The van der Waals surface area contributed by atoms with E-state index in [1.165, 1.54) is 5.56 Å². The molecule has 0 bridgehead atoms. The summed E-state index contributed by atoms with van der Waals surface area (Å²) in [5.41, 5.74) is 6.93. The zero-order valence-electron chi connectivity index (χ0n) is 20.4. The maximum absolute atomic E-state index is 6.09. The molecule has 180 valence electrons. The van der Waals surface area contributed by atoms with Gasteiger partial charge in [0.2, 0.25) is 0 Å². The maximum Gasteiger partial charge on any atom is 2.00 e. The molecule has 3 aromatic carbocycles. The van der Waals surface area contributed by atoms with Crippen LogP contribution in [0.2, 0.25) is 0 Å². The molecule has 4 heteroatoms. The average molecular weight is 650 g/mol. The fourth-order valence-corrected chi connectivity index (χ4v) is 3.99. The normalized spacial score (nSPS) is 11.0. The van der Waals surface area contributed by atoms with Crippen molar-refractivity contribution in [2.75, 3.05) is 0 Å². The van der Waals surface area contributed by atoms with Gasteiger partial charge in [0.05, 0.1) is 5.58 Å². The van der Waals surface area contributed by atoms with Gasteiger partial charge in [-0.25, -0.2) is 0 Å². The predicted molar refractivity (Wildman–Crippen MR) is 143 cm³/mol. The second-order valence-corrected chi connectivity index (χ2v) is 9.36. The fourth-order valence-electron chi connectivity index (χ4n) is 3.99. The number of pyridine rings is 2. The van der Waals surface area contributed by atoms with Gasteiger partial charge >= 0.3 is 21.1 Å². The van der Waals surface area contributed by atoms with Crippen LogP contribution in [0, 0.1) is 12.1 Å². The summed E-state index contributed by atoms with van der Waals surface area (Å²) >= 11 is 0. The summed E-state index contributed by atoms with van der Waals surface area (Å²) in [5, 5.41) is 2.24. The Labute approximate surface area is 226 Å². The third-order valence-corrected chi connectivity index (χ3v) is 5.87. The van der Waals surface area contributed by atoms with Crippen LogP contribution >= 0.6 is 0 Å². The van der Waals surface area contributed by atoms with Crippen molar-refractivity contribution in [3.63, 3.8) is 0 Å². The molecule has 3 nitrogen and oxygen atoms in total. The minimum atomic E-state index is 0. The predicted octanol–water partition coefficient (Wildman–Crippen LogP) is 8.29. The van der Waals surface area contributed by atoms with E-state index in [9.17, 15) is 0 Å². The molecule has 6 rings (SSSR count). The molecule has 3 heterocycles. The molecular formula is C32H26N2OPt. The van der Waals surface area contributed by atoms with Gasteiger partial charge in [0.25, 0.3) is 0 Å². The van der Waals surface area contributed by atoms with Gasteiger partial charge in [-0.2, -0.15) is 0 Å². The molecule has 0 aliphatic rings. The topological polar surface area (TPSA) is 38.9 Å². The van der Waals surface area contributed by atoms with E-state index in [4.69, 9.17) is 4.42 Å².